The molecule has 2 N–H and O–H groups in total. The number of hydrogen-bond acceptors (Lipinski definition) is 3. The lowest BCUT2D eigenvalue weighted by atomic mass is 9.62. The summed E-state index contributed by atoms with van der Waals surface area (Å²) >= 11 is 0. The first-order chi connectivity index (χ1) is 14.0. The molecule has 6 atom stereocenters. The summed E-state index contributed by atoms with van der Waals surface area (Å²) in [5.74, 6) is 1.24. The fraction of sp³-hybridized carbons (Fsp3) is 0.778. The first-order valence-electron chi connectivity index (χ1n) is 12.1. The molecule has 0 unspecified atom stereocenters. The first-order valence-corrected chi connectivity index (χ1v) is 12.1. The second-order valence-electron chi connectivity index (χ2n) is 11.6. The summed E-state index contributed by atoms with van der Waals surface area (Å²) in [7, 11) is 0. The molecule has 3 fully saturated rings. The third-order valence-corrected chi connectivity index (χ3v) is 8.10. The van der Waals surface area contributed by atoms with E-state index in [9.17, 15) is 10.2 Å². The van der Waals surface area contributed by atoms with Crippen LogP contribution >= 0.6 is 0 Å². The van der Waals surface area contributed by atoms with Crippen LogP contribution in [0, 0.1) is 22.7 Å². The smallest absolute Gasteiger partial charge is 0.0811 e. The van der Waals surface area contributed by atoms with Gasteiger partial charge in [0.25, 0.3) is 0 Å². The van der Waals surface area contributed by atoms with Gasteiger partial charge >= 0.3 is 0 Å². The van der Waals surface area contributed by atoms with E-state index >= 15 is 0 Å². The van der Waals surface area contributed by atoms with Gasteiger partial charge in [-0.25, -0.2) is 0 Å². The second-order valence-corrected chi connectivity index (χ2v) is 11.6. The SMILES string of the molecule is C=C1/C(=C\C=C2/CCC[C@]3(C)[C@@H]([C@H](C)OCCC(C)(C)C)CC[C@@H]23)C[C@@H](O)C[C@@H]1O. The Morgan fingerprint density at radius 1 is 1.23 bits per heavy atom. The molecule has 3 heteroatoms. The minimum Gasteiger partial charge on any atom is -0.393 e. The van der Waals surface area contributed by atoms with Gasteiger partial charge in [-0.3, -0.25) is 0 Å². The highest BCUT2D eigenvalue weighted by Crippen LogP contribution is 2.58. The van der Waals surface area contributed by atoms with Gasteiger partial charge in [-0.15, -0.1) is 0 Å². The van der Waals surface area contributed by atoms with Crippen molar-refractivity contribution in [2.24, 2.45) is 22.7 Å². The Labute approximate surface area is 184 Å². The predicted molar refractivity (Wildman–Crippen MR) is 124 cm³/mol. The zero-order valence-electron chi connectivity index (χ0n) is 19.9. The Bertz CT molecular complexity index is 683. The molecule has 0 aromatic carbocycles. The Kier molecular flexibility index (Phi) is 7.37. The number of fused-ring (bicyclic) bond motifs is 1. The fourth-order valence-electron chi connectivity index (χ4n) is 6.18. The van der Waals surface area contributed by atoms with Gasteiger partial charge in [-0.1, -0.05) is 52.0 Å². The molecule has 0 bridgehead atoms. The summed E-state index contributed by atoms with van der Waals surface area (Å²) < 4.78 is 6.35. The van der Waals surface area contributed by atoms with E-state index < -0.39 is 12.2 Å². The third-order valence-electron chi connectivity index (χ3n) is 8.10. The van der Waals surface area contributed by atoms with E-state index in [4.69, 9.17) is 4.74 Å². The average molecular weight is 417 g/mol. The van der Waals surface area contributed by atoms with Crippen molar-refractivity contribution >= 4 is 0 Å². The molecule has 170 valence electrons. The molecule has 0 aromatic rings. The van der Waals surface area contributed by atoms with Crippen LogP contribution in [0.4, 0.5) is 0 Å². The minimum absolute atomic E-state index is 0.309. The van der Waals surface area contributed by atoms with Gasteiger partial charge in [0, 0.05) is 13.0 Å². The Morgan fingerprint density at radius 2 is 1.97 bits per heavy atom. The van der Waals surface area contributed by atoms with Crippen LogP contribution in [-0.4, -0.2) is 35.1 Å². The lowest BCUT2D eigenvalue weighted by Gasteiger charge is -2.44. The molecule has 0 amide bonds. The molecule has 3 nitrogen and oxygen atoms in total. The zero-order chi connectivity index (χ0) is 22.1. The lowest BCUT2D eigenvalue weighted by molar-refractivity contribution is -0.0318. The maximum Gasteiger partial charge on any atom is 0.0811 e. The summed E-state index contributed by atoms with van der Waals surface area (Å²) in [6.45, 7) is 16.5. The van der Waals surface area contributed by atoms with Crippen LogP contribution in [0.1, 0.15) is 86.0 Å². The Hall–Kier alpha value is -0.900. The van der Waals surface area contributed by atoms with Crippen LogP contribution in [0.2, 0.25) is 0 Å². The largest absolute Gasteiger partial charge is 0.393 e. The second kappa shape index (κ2) is 9.30. The molecule has 0 radical (unpaired) electrons. The van der Waals surface area contributed by atoms with Gasteiger partial charge in [-0.05, 0) is 85.7 Å². The van der Waals surface area contributed by atoms with Crippen LogP contribution in [0.15, 0.2) is 35.5 Å². The highest BCUT2D eigenvalue weighted by atomic mass is 16.5. The lowest BCUT2D eigenvalue weighted by Crippen LogP contribution is -2.39. The standard InChI is InChI=1S/C27H44O3/c1-18-21(16-22(28)17-25(18)29)10-9-20-8-7-13-27(6)23(11-12-24(20)27)19(2)30-15-14-26(3,4)5/h9-10,19,22-25,28-29H,1,7-8,11-17H2,2-6H3/b20-9+,21-10-/t19-,22+,23+,24-,25-,27+/m0/s1. The van der Waals surface area contributed by atoms with Crippen LogP contribution in [0.5, 0.6) is 0 Å². The molecule has 3 rings (SSSR count). The molecule has 0 aromatic heterocycles. The number of aliphatic hydroxyl groups excluding tert-OH is 2. The maximum atomic E-state index is 10.1. The minimum atomic E-state index is -0.614. The fourth-order valence-corrected chi connectivity index (χ4v) is 6.18. The summed E-state index contributed by atoms with van der Waals surface area (Å²) in [5.41, 5.74) is 3.96. The number of allylic oxidation sites excluding steroid dienone is 3. The first kappa shape index (κ1) is 23.8. The molecule has 0 heterocycles. The molecule has 3 aliphatic carbocycles. The van der Waals surface area contributed by atoms with Crippen molar-refractivity contribution in [3.63, 3.8) is 0 Å². The van der Waals surface area contributed by atoms with E-state index in [2.05, 4.69) is 53.3 Å². The Balaban J connectivity index is 1.70. The van der Waals surface area contributed by atoms with Gasteiger partial charge in [0.2, 0.25) is 0 Å². The van der Waals surface area contributed by atoms with Gasteiger partial charge in [-0.2, -0.15) is 0 Å². The summed E-state index contributed by atoms with van der Waals surface area (Å²) in [5, 5.41) is 20.2. The van der Waals surface area contributed by atoms with Crippen molar-refractivity contribution in [3.05, 3.63) is 35.5 Å². The number of rotatable bonds is 5. The van der Waals surface area contributed by atoms with Crippen LogP contribution in [-0.2, 0) is 4.74 Å². The highest BCUT2D eigenvalue weighted by Gasteiger charge is 2.51. The summed E-state index contributed by atoms with van der Waals surface area (Å²) in [4.78, 5) is 0. The van der Waals surface area contributed by atoms with Crippen molar-refractivity contribution in [3.8, 4) is 0 Å². The van der Waals surface area contributed by atoms with E-state index in [0.717, 1.165) is 30.6 Å². The van der Waals surface area contributed by atoms with E-state index in [1.807, 2.05) is 0 Å². The molecular formula is C27H44O3. The van der Waals surface area contributed by atoms with E-state index in [1.165, 1.54) is 25.7 Å². The van der Waals surface area contributed by atoms with Gasteiger partial charge in [0.05, 0.1) is 18.3 Å². The van der Waals surface area contributed by atoms with Crippen molar-refractivity contribution in [2.45, 2.75) is 104 Å². The van der Waals surface area contributed by atoms with Gasteiger partial charge in [0.1, 0.15) is 0 Å². The maximum absolute atomic E-state index is 10.1. The molecule has 3 aliphatic rings. The van der Waals surface area contributed by atoms with Gasteiger partial charge in [0.15, 0.2) is 0 Å². The molecular weight excluding hydrogens is 372 g/mol. The normalized spacial score (nSPS) is 38.8. The molecule has 0 spiro atoms. The quantitative estimate of drug-likeness (QED) is 0.580. The van der Waals surface area contributed by atoms with Crippen molar-refractivity contribution in [1.82, 2.24) is 0 Å². The highest BCUT2D eigenvalue weighted by molar-refractivity contribution is 5.38. The van der Waals surface area contributed by atoms with Crippen molar-refractivity contribution in [2.75, 3.05) is 6.61 Å². The summed E-state index contributed by atoms with van der Waals surface area (Å²) in [6.07, 6.45) is 11.9. The monoisotopic (exact) mass is 416 g/mol. The van der Waals surface area contributed by atoms with Gasteiger partial charge < -0.3 is 14.9 Å². The summed E-state index contributed by atoms with van der Waals surface area (Å²) in [6, 6.07) is 0. The molecule has 0 saturated heterocycles. The third kappa shape index (κ3) is 5.29. The molecule has 3 saturated carbocycles. The van der Waals surface area contributed by atoms with Crippen LogP contribution in [0.3, 0.4) is 0 Å². The van der Waals surface area contributed by atoms with E-state index in [1.54, 1.807) is 5.57 Å². The van der Waals surface area contributed by atoms with Crippen molar-refractivity contribution in [1.29, 1.82) is 0 Å². The van der Waals surface area contributed by atoms with Crippen LogP contribution < -0.4 is 0 Å². The average Bonchev–Trinajstić information content (AvgIpc) is 3.00. The molecule has 0 aliphatic heterocycles. The number of ether oxygens (including phenoxy) is 1. The van der Waals surface area contributed by atoms with Crippen molar-refractivity contribution < 1.29 is 14.9 Å². The number of hydrogen-bond donors (Lipinski definition) is 2. The van der Waals surface area contributed by atoms with E-state index in [-0.39, 0.29) is 0 Å². The Morgan fingerprint density at radius 3 is 2.67 bits per heavy atom. The molecule has 30 heavy (non-hydrogen) atoms. The number of aliphatic hydroxyl groups is 2. The predicted octanol–water partition coefficient (Wildman–Crippen LogP) is 5.97. The van der Waals surface area contributed by atoms with E-state index in [0.29, 0.717) is 41.6 Å². The zero-order valence-corrected chi connectivity index (χ0v) is 19.9. The topological polar surface area (TPSA) is 49.7 Å². The van der Waals surface area contributed by atoms with Crippen LogP contribution in [0.25, 0.3) is 0 Å².